The second-order valence-electron chi connectivity index (χ2n) is 6.10. The van der Waals surface area contributed by atoms with E-state index in [9.17, 15) is 0 Å². The van der Waals surface area contributed by atoms with Crippen molar-refractivity contribution in [3.8, 4) is 11.4 Å². The van der Waals surface area contributed by atoms with E-state index in [1.807, 2.05) is 12.1 Å². The van der Waals surface area contributed by atoms with Crippen LogP contribution < -0.4 is 0 Å². The van der Waals surface area contributed by atoms with Crippen LogP contribution in [0.2, 0.25) is 0 Å². The Labute approximate surface area is 144 Å². The minimum atomic E-state index is 0.349. The normalized spacial score (nSPS) is 16.5. The van der Waals surface area contributed by atoms with Gasteiger partial charge in [-0.3, -0.25) is 9.88 Å². The molecule has 1 aliphatic heterocycles. The second-order valence-corrected chi connectivity index (χ2v) is 7.16. The van der Waals surface area contributed by atoms with Gasteiger partial charge in [-0.05, 0) is 45.0 Å². The van der Waals surface area contributed by atoms with Crippen molar-refractivity contribution in [3.63, 3.8) is 0 Å². The van der Waals surface area contributed by atoms with Gasteiger partial charge in [-0.2, -0.15) is 4.98 Å². The Morgan fingerprint density at radius 1 is 1.21 bits per heavy atom. The summed E-state index contributed by atoms with van der Waals surface area (Å²) >= 11 is 1.72. The van der Waals surface area contributed by atoms with Crippen molar-refractivity contribution in [2.45, 2.75) is 32.2 Å². The molecule has 6 nitrogen and oxygen atoms in total. The van der Waals surface area contributed by atoms with Crippen molar-refractivity contribution in [2.24, 2.45) is 0 Å². The first kappa shape index (κ1) is 15.4. The van der Waals surface area contributed by atoms with Gasteiger partial charge in [0.25, 0.3) is 0 Å². The zero-order valence-electron chi connectivity index (χ0n) is 13.6. The standard InChI is InChI=1S/C17H19N5OS/c1-12-19-15(11-24-12)10-22-8-4-14(5-9-22)17-20-16(21-23-17)13-2-6-18-7-3-13/h2-3,6-7,11,14H,4-5,8-10H2,1H3. The summed E-state index contributed by atoms with van der Waals surface area (Å²) in [4.78, 5) is 15.6. The van der Waals surface area contributed by atoms with Crippen molar-refractivity contribution < 1.29 is 4.52 Å². The summed E-state index contributed by atoms with van der Waals surface area (Å²) in [5, 5.41) is 7.40. The van der Waals surface area contributed by atoms with E-state index < -0.39 is 0 Å². The molecule has 4 heterocycles. The first-order valence-electron chi connectivity index (χ1n) is 8.15. The topological polar surface area (TPSA) is 67.9 Å². The highest BCUT2D eigenvalue weighted by Crippen LogP contribution is 2.29. The van der Waals surface area contributed by atoms with Crippen molar-refractivity contribution in [2.75, 3.05) is 13.1 Å². The monoisotopic (exact) mass is 341 g/mol. The molecule has 1 aliphatic rings. The summed E-state index contributed by atoms with van der Waals surface area (Å²) in [7, 11) is 0. The van der Waals surface area contributed by atoms with Crippen LogP contribution in [-0.4, -0.2) is 38.1 Å². The Kier molecular flexibility index (Phi) is 4.36. The number of piperidine rings is 1. The maximum absolute atomic E-state index is 5.50. The molecule has 124 valence electrons. The van der Waals surface area contributed by atoms with Crippen molar-refractivity contribution in [3.05, 3.63) is 46.5 Å². The van der Waals surface area contributed by atoms with Crippen LogP contribution in [0.15, 0.2) is 34.4 Å². The SMILES string of the molecule is Cc1nc(CN2CCC(c3nc(-c4ccncc4)no3)CC2)cs1. The number of hydrogen-bond acceptors (Lipinski definition) is 7. The van der Waals surface area contributed by atoms with E-state index in [0.717, 1.165) is 48.9 Å². The van der Waals surface area contributed by atoms with E-state index in [0.29, 0.717) is 11.7 Å². The highest BCUT2D eigenvalue weighted by molar-refractivity contribution is 7.09. The van der Waals surface area contributed by atoms with Gasteiger partial charge < -0.3 is 4.52 Å². The van der Waals surface area contributed by atoms with E-state index in [1.165, 1.54) is 5.69 Å². The van der Waals surface area contributed by atoms with Gasteiger partial charge in [0.2, 0.25) is 11.7 Å². The molecule has 7 heteroatoms. The zero-order valence-corrected chi connectivity index (χ0v) is 14.4. The van der Waals surface area contributed by atoms with Crippen LogP contribution in [0.5, 0.6) is 0 Å². The molecule has 24 heavy (non-hydrogen) atoms. The number of aromatic nitrogens is 4. The predicted molar refractivity (Wildman–Crippen MR) is 91.6 cm³/mol. The lowest BCUT2D eigenvalue weighted by molar-refractivity contribution is 0.186. The van der Waals surface area contributed by atoms with Gasteiger partial charge in [0.05, 0.1) is 10.7 Å². The van der Waals surface area contributed by atoms with Crippen molar-refractivity contribution in [1.29, 1.82) is 0 Å². The Bertz CT molecular complexity index is 792. The molecule has 3 aromatic rings. The lowest BCUT2D eigenvalue weighted by Crippen LogP contribution is -2.32. The molecule has 0 spiro atoms. The Morgan fingerprint density at radius 2 is 2.00 bits per heavy atom. The third-order valence-corrected chi connectivity index (χ3v) is 5.19. The number of rotatable bonds is 4. The third-order valence-electron chi connectivity index (χ3n) is 4.37. The number of hydrogen-bond donors (Lipinski definition) is 0. The van der Waals surface area contributed by atoms with Crippen molar-refractivity contribution >= 4 is 11.3 Å². The highest BCUT2D eigenvalue weighted by Gasteiger charge is 2.25. The molecular formula is C17H19N5OS. The molecule has 0 aromatic carbocycles. The average Bonchev–Trinajstić information content (AvgIpc) is 3.26. The molecule has 0 amide bonds. The van der Waals surface area contributed by atoms with E-state index in [-0.39, 0.29) is 0 Å². The average molecular weight is 341 g/mol. The third kappa shape index (κ3) is 3.37. The molecule has 0 unspecified atom stereocenters. The summed E-state index contributed by atoms with van der Waals surface area (Å²) in [6.07, 6.45) is 5.57. The number of pyridine rings is 1. The second kappa shape index (κ2) is 6.78. The number of thiazole rings is 1. The van der Waals surface area contributed by atoms with Crippen LogP contribution in [0.4, 0.5) is 0 Å². The first-order chi connectivity index (χ1) is 11.8. The molecule has 1 fully saturated rings. The van der Waals surface area contributed by atoms with Crippen molar-refractivity contribution in [1.82, 2.24) is 25.0 Å². The minimum absolute atomic E-state index is 0.349. The fourth-order valence-corrected chi connectivity index (χ4v) is 3.67. The van der Waals surface area contributed by atoms with E-state index in [2.05, 4.69) is 37.3 Å². The maximum Gasteiger partial charge on any atom is 0.230 e. The van der Waals surface area contributed by atoms with Gasteiger partial charge in [0.15, 0.2) is 0 Å². The van der Waals surface area contributed by atoms with Gasteiger partial charge in [-0.1, -0.05) is 5.16 Å². The minimum Gasteiger partial charge on any atom is -0.339 e. The van der Waals surface area contributed by atoms with E-state index >= 15 is 0 Å². The summed E-state index contributed by atoms with van der Waals surface area (Å²) in [6, 6.07) is 3.79. The molecule has 0 aliphatic carbocycles. The maximum atomic E-state index is 5.50. The van der Waals surface area contributed by atoms with Gasteiger partial charge in [-0.15, -0.1) is 11.3 Å². The van der Waals surface area contributed by atoms with Crippen LogP contribution in [0, 0.1) is 6.92 Å². The Morgan fingerprint density at radius 3 is 2.71 bits per heavy atom. The molecule has 0 bridgehead atoms. The summed E-state index contributed by atoms with van der Waals surface area (Å²) in [5.41, 5.74) is 2.12. The quantitative estimate of drug-likeness (QED) is 0.725. The van der Waals surface area contributed by atoms with Crippen LogP contribution in [0.25, 0.3) is 11.4 Å². The van der Waals surface area contributed by atoms with E-state index in [1.54, 1.807) is 23.7 Å². The molecule has 0 radical (unpaired) electrons. The largest absolute Gasteiger partial charge is 0.339 e. The smallest absolute Gasteiger partial charge is 0.230 e. The Hall–Kier alpha value is -2.12. The first-order valence-corrected chi connectivity index (χ1v) is 9.03. The predicted octanol–water partition coefficient (Wildman–Crippen LogP) is 3.28. The zero-order chi connectivity index (χ0) is 16.4. The molecule has 1 saturated heterocycles. The highest BCUT2D eigenvalue weighted by atomic mass is 32.1. The molecule has 4 rings (SSSR count). The molecule has 3 aromatic heterocycles. The molecule has 0 atom stereocenters. The van der Waals surface area contributed by atoms with Gasteiger partial charge in [0, 0.05) is 35.8 Å². The van der Waals surface area contributed by atoms with E-state index in [4.69, 9.17) is 4.52 Å². The lowest BCUT2D eigenvalue weighted by atomic mass is 9.96. The van der Waals surface area contributed by atoms with Crippen LogP contribution in [0.3, 0.4) is 0 Å². The number of aryl methyl sites for hydroxylation is 1. The summed E-state index contributed by atoms with van der Waals surface area (Å²) in [5.74, 6) is 1.75. The fraction of sp³-hybridized carbons (Fsp3) is 0.412. The van der Waals surface area contributed by atoms with Gasteiger partial charge >= 0.3 is 0 Å². The van der Waals surface area contributed by atoms with Crippen LogP contribution in [0.1, 0.15) is 35.4 Å². The number of nitrogens with zero attached hydrogens (tertiary/aromatic N) is 5. The molecular weight excluding hydrogens is 322 g/mol. The molecule has 0 saturated carbocycles. The Balaban J connectivity index is 1.37. The molecule has 0 N–H and O–H groups in total. The fourth-order valence-electron chi connectivity index (χ4n) is 3.07. The summed E-state index contributed by atoms with van der Waals surface area (Å²) < 4.78 is 5.50. The lowest BCUT2D eigenvalue weighted by Gasteiger charge is -2.29. The van der Waals surface area contributed by atoms with Crippen LogP contribution in [-0.2, 0) is 6.54 Å². The van der Waals surface area contributed by atoms with Gasteiger partial charge in [0.1, 0.15) is 0 Å². The summed E-state index contributed by atoms with van der Waals surface area (Å²) in [6.45, 7) is 5.06. The number of likely N-dealkylation sites (tertiary alicyclic amines) is 1. The van der Waals surface area contributed by atoms with Crippen LogP contribution >= 0.6 is 11.3 Å². The van der Waals surface area contributed by atoms with Gasteiger partial charge in [-0.25, -0.2) is 4.98 Å².